The summed E-state index contributed by atoms with van der Waals surface area (Å²) in [7, 11) is 0. The molecule has 0 aliphatic heterocycles. The Morgan fingerprint density at radius 1 is 1.32 bits per heavy atom. The van der Waals surface area contributed by atoms with Crippen LogP contribution in [0.4, 0.5) is 0 Å². The van der Waals surface area contributed by atoms with Gasteiger partial charge >= 0.3 is 0 Å². The van der Waals surface area contributed by atoms with Crippen LogP contribution in [0.25, 0.3) is 0 Å². The van der Waals surface area contributed by atoms with Gasteiger partial charge in [-0.3, -0.25) is 4.79 Å². The molecule has 0 radical (unpaired) electrons. The minimum atomic E-state index is -0.110. The summed E-state index contributed by atoms with van der Waals surface area (Å²) in [4.78, 5) is 14.3. The van der Waals surface area contributed by atoms with Crippen LogP contribution in [0.3, 0.4) is 0 Å². The van der Waals surface area contributed by atoms with Crippen molar-refractivity contribution in [1.82, 2.24) is 15.1 Å². The molecule has 2 rings (SSSR count). The highest BCUT2D eigenvalue weighted by atomic mass is 16.5. The first-order valence-corrected chi connectivity index (χ1v) is 7.13. The van der Waals surface area contributed by atoms with Crippen LogP contribution in [-0.2, 0) is 6.54 Å². The van der Waals surface area contributed by atoms with Gasteiger partial charge in [-0.2, -0.15) is 10.2 Å². The smallest absolute Gasteiger partial charge is 0.256 e. The van der Waals surface area contributed by atoms with Crippen molar-refractivity contribution in [3.8, 4) is 5.75 Å². The van der Waals surface area contributed by atoms with Gasteiger partial charge in [0, 0.05) is 18.7 Å². The Morgan fingerprint density at radius 2 is 2.14 bits per heavy atom. The Kier molecular flexibility index (Phi) is 5.65. The van der Waals surface area contributed by atoms with E-state index in [0.29, 0.717) is 25.3 Å². The van der Waals surface area contributed by atoms with Gasteiger partial charge in [0.05, 0.1) is 24.6 Å². The summed E-state index contributed by atoms with van der Waals surface area (Å²) >= 11 is 0. The van der Waals surface area contributed by atoms with Crippen LogP contribution < -0.4 is 4.74 Å². The van der Waals surface area contributed by atoms with Gasteiger partial charge in [-0.15, -0.1) is 6.58 Å². The number of nitrogens with zero attached hydrogens (tertiary/aromatic N) is 3. The largest absolute Gasteiger partial charge is 0.494 e. The minimum Gasteiger partial charge on any atom is -0.494 e. The van der Waals surface area contributed by atoms with E-state index in [9.17, 15) is 4.79 Å². The molecule has 0 aliphatic carbocycles. The van der Waals surface area contributed by atoms with Crippen molar-refractivity contribution in [3.05, 3.63) is 66.5 Å². The molecule has 0 atom stereocenters. The Hall–Kier alpha value is -2.69. The maximum Gasteiger partial charge on any atom is 0.256 e. The average Bonchev–Trinajstić information content (AvgIpc) is 2.56. The SMILES string of the molecule is C=CCN(Cc1ccccc1OCC)C(=O)c1ccnnc1. The molecule has 0 bridgehead atoms. The third-order valence-corrected chi connectivity index (χ3v) is 3.10. The monoisotopic (exact) mass is 297 g/mol. The van der Waals surface area contributed by atoms with Gasteiger partial charge in [0.25, 0.3) is 5.91 Å². The predicted molar refractivity (Wildman–Crippen MR) is 84.6 cm³/mol. The Labute approximate surface area is 130 Å². The van der Waals surface area contributed by atoms with Gasteiger partial charge < -0.3 is 9.64 Å². The van der Waals surface area contributed by atoms with Crippen molar-refractivity contribution in [2.45, 2.75) is 13.5 Å². The minimum absolute atomic E-state index is 0.110. The lowest BCUT2D eigenvalue weighted by molar-refractivity contribution is 0.0761. The molecule has 1 aromatic carbocycles. The van der Waals surface area contributed by atoms with E-state index >= 15 is 0 Å². The zero-order valence-corrected chi connectivity index (χ0v) is 12.6. The maximum atomic E-state index is 12.6. The fourth-order valence-corrected chi connectivity index (χ4v) is 2.11. The van der Waals surface area contributed by atoms with Crippen molar-refractivity contribution in [3.63, 3.8) is 0 Å². The standard InChI is InChI=1S/C17H19N3O2/c1-3-11-20(17(21)14-9-10-18-19-12-14)13-15-7-5-6-8-16(15)22-4-2/h3,5-10,12H,1,4,11,13H2,2H3. The Bertz CT molecular complexity index is 629. The van der Waals surface area contributed by atoms with Crippen molar-refractivity contribution in [2.24, 2.45) is 0 Å². The van der Waals surface area contributed by atoms with Crippen molar-refractivity contribution < 1.29 is 9.53 Å². The van der Waals surface area contributed by atoms with Gasteiger partial charge in [0.2, 0.25) is 0 Å². The summed E-state index contributed by atoms with van der Waals surface area (Å²) < 4.78 is 5.62. The van der Waals surface area contributed by atoms with Crippen LogP contribution in [0.2, 0.25) is 0 Å². The quantitative estimate of drug-likeness (QED) is 0.737. The van der Waals surface area contributed by atoms with Crippen LogP contribution in [0.15, 0.2) is 55.4 Å². The van der Waals surface area contributed by atoms with Crippen molar-refractivity contribution in [2.75, 3.05) is 13.2 Å². The van der Waals surface area contributed by atoms with E-state index in [1.165, 1.54) is 12.4 Å². The number of amides is 1. The third kappa shape index (κ3) is 3.91. The number of hydrogen-bond acceptors (Lipinski definition) is 4. The summed E-state index contributed by atoms with van der Waals surface area (Å²) in [6.45, 7) is 7.14. The van der Waals surface area contributed by atoms with Gasteiger partial charge in [0.15, 0.2) is 0 Å². The highest BCUT2D eigenvalue weighted by Crippen LogP contribution is 2.20. The topological polar surface area (TPSA) is 55.3 Å². The summed E-state index contributed by atoms with van der Waals surface area (Å²) in [6, 6.07) is 9.37. The van der Waals surface area contributed by atoms with E-state index in [0.717, 1.165) is 11.3 Å². The predicted octanol–water partition coefficient (Wildman–Crippen LogP) is 2.70. The van der Waals surface area contributed by atoms with Crippen LogP contribution in [0, 0.1) is 0 Å². The number of ether oxygens (including phenoxy) is 1. The van der Waals surface area contributed by atoms with Gasteiger partial charge in [0.1, 0.15) is 5.75 Å². The molecule has 0 unspecified atom stereocenters. The van der Waals surface area contributed by atoms with Crippen LogP contribution >= 0.6 is 0 Å². The zero-order chi connectivity index (χ0) is 15.8. The molecule has 0 N–H and O–H groups in total. The molecule has 0 aliphatic rings. The second kappa shape index (κ2) is 7.93. The second-order valence-electron chi connectivity index (χ2n) is 4.65. The Balaban J connectivity index is 2.22. The molecule has 0 saturated carbocycles. The Morgan fingerprint density at radius 3 is 2.82 bits per heavy atom. The highest BCUT2D eigenvalue weighted by molar-refractivity contribution is 5.93. The van der Waals surface area contributed by atoms with Crippen LogP contribution in [0.1, 0.15) is 22.8 Å². The van der Waals surface area contributed by atoms with Gasteiger partial charge in [-0.1, -0.05) is 24.3 Å². The zero-order valence-electron chi connectivity index (χ0n) is 12.6. The molecule has 1 amide bonds. The van der Waals surface area contributed by atoms with E-state index in [2.05, 4.69) is 16.8 Å². The average molecular weight is 297 g/mol. The second-order valence-corrected chi connectivity index (χ2v) is 4.65. The van der Waals surface area contributed by atoms with E-state index in [1.54, 1.807) is 17.0 Å². The number of carbonyl (C=O) groups excluding carboxylic acids is 1. The molecule has 0 fully saturated rings. The number of hydrogen-bond donors (Lipinski definition) is 0. The lowest BCUT2D eigenvalue weighted by atomic mass is 10.1. The van der Waals surface area contributed by atoms with Crippen LogP contribution in [-0.4, -0.2) is 34.2 Å². The first-order chi connectivity index (χ1) is 10.8. The number of para-hydroxylation sites is 1. The van der Waals surface area contributed by atoms with E-state index in [-0.39, 0.29) is 5.91 Å². The molecular weight excluding hydrogens is 278 g/mol. The lowest BCUT2D eigenvalue weighted by Crippen LogP contribution is -2.31. The van der Waals surface area contributed by atoms with E-state index in [1.807, 2.05) is 31.2 Å². The molecular formula is C17H19N3O2. The van der Waals surface area contributed by atoms with E-state index < -0.39 is 0 Å². The van der Waals surface area contributed by atoms with Crippen molar-refractivity contribution >= 4 is 5.91 Å². The number of rotatable bonds is 7. The molecule has 0 saturated heterocycles. The summed E-state index contributed by atoms with van der Waals surface area (Å²) in [5.41, 5.74) is 1.47. The summed E-state index contributed by atoms with van der Waals surface area (Å²) in [5, 5.41) is 7.45. The number of aromatic nitrogens is 2. The summed E-state index contributed by atoms with van der Waals surface area (Å²) in [5.74, 6) is 0.681. The maximum absolute atomic E-state index is 12.6. The molecule has 5 heteroatoms. The van der Waals surface area contributed by atoms with Gasteiger partial charge in [-0.25, -0.2) is 0 Å². The normalized spacial score (nSPS) is 10.0. The number of carbonyl (C=O) groups is 1. The molecule has 1 aromatic heterocycles. The highest BCUT2D eigenvalue weighted by Gasteiger charge is 2.17. The van der Waals surface area contributed by atoms with Gasteiger partial charge in [-0.05, 0) is 19.1 Å². The molecule has 2 aromatic rings. The number of benzene rings is 1. The summed E-state index contributed by atoms with van der Waals surface area (Å²) in [6.07, 6.45) is 4.68. The molecule has 114 valence electrons. The molecule has 22 heavy (non-hydrogen) atoms. The first kappa shape index (κ1) is 15.7. The molecule has 1 heterocycles. The van der Waals surface area contributed by atoms with E-state index in [4.69, 9.17) is 4.74 Å². The fraction of sp³-hybridized carbons (Fsp3) is 0.235. The lowest BCUT2D eigenvalue weighted by Gasteiger charge is -2.22. The third-order valence-electron chi connectivity index (χ3n) is 3.10. The molecule has 0 spiro atoms. The first-order valence-electron chi connectivity index (χ1n) is 7.13. The molecule has 5 nitrogen and oxygen atoms in total. The van der Waals surface area contributed by atoms with Crippen molar-refractivity contribution in [1.29, 1.82) is 0 Å². The van der Waals surface area contributed by atoms with Crippen LogP contribution in [0.5, 0.6) is 5.75 Å². The fourth-order valence-electron chi connectivity index (χ4n) is 2.11.